The summed E-state index contributed by atoms with van der Waals surface area (Å²) in [5.41, 5.74) is 4.85. The minimum atomic E-state index is -0.124. The van der Waals surface area contributed by atoms with Gasteiger partial charge in [-0.25, -0.2) is 0 Å². The van der Waals surface area contributed by atoms with Crippen LogP contribution in [-0.4, -0.2) is 23.0 Å². The molecule has 0 bridgehead atoms. The molecule has 0 unspecified atom stereocenters. The summed E-state index contributed by atoms with van der Waals surface area (Å²) in [6, 6.07) is 12.0. The topological polar surface area (TPSA) is 54.4 Å². The summed E-state index contributed by atoms with van der Waals surface area (Å²) >= 11 is 3.06. The summed E-state index contributed by atoms with van der Waals surface area (Å²) in [6.07, 6.45) is 3.32. The van der Waals surface area contributed by atoms with E-state index in [1.54, 1.807) is 42.3 Å². The molecule has 1 N–H and O–H groups in total. The van der Waals surface area contributed by atoms with Gasteiger partial charge in [0.1, 0.15) is 5.04 Å². The Kier molecular flexibility index (Phi) is 6.44. The smallest absolute Gasteiger partial charge is 0.256 e. The Bertz CT molecular complexity index is 1050. The highest BCUT2D eigenvalue weighted by molar-refractivity contribution is 8.16. The largest absolute Gasteiger partial charge is 0.314 e. The number of hydrogen-bond donors (Lipinski definition) is 1. The molecule has 142 valence electrons. The highest BCUT2D eigenvalue weighted by Gasteiger charge is 2.13. The number of amides is 1. The second kappa shape index (κ2) is 8.99. The number of aliphatic imine (C=N–C) groups is 1. The van der Waals surface area contributed by atoms with Gasteiger partial charge in [0.2, 0.25) is 0 Å². The van der Waals surface area contributed by atoms with Crippen molar-refractivity contribution in [3.05, 3.63) is 83.0 Å². The number of thiophene rings is 1. The molecule has 0 saturated heterocycles. The van der Waals surface area contributed by atoms with Crippen molar-refractivity contribution in [1.29, 1.82) is 0 Å². The summed E-state index contributed by atoms with van der Waals surface area (Å²) in [5.74, 6) is -0.124. The van der Waals surface area contributed by atoms with E-state index < -0.39 is 0 Å². The minimum absolute atomic E-state index is 0.124. The Morgan fingerprint density at radius 1 is 1.21 bits per heavy atom. The van der Waals surface area contributed by atoms with E-state index in [-0.39, 0.29) is 5.91 Å². The molecule has 3 aromatic rings. The molecule has 2 heterocycles. The molecular weight excluding hydrogens is 386 g/mol. The van der Waals surface area contributed by atoms with Crippen LogP contribution in [0.15, 0.2) is 65.8 Å². The van der Waals surface area contributed by atoms with Crippen molar-refractivity contribution in [2.45, 2.75) is 13.8 Å². The van der Waals surface area contributed by atoms with Crippen molar-refractivity contribution in [3.8, 4) is 10.4 Å². The zero-order valence-electron chi connectivity index (χ0n) is 16.0. The summed E-state index contributed by atoms with van der Waals surface area (Å²) in [7, 11) is 1.78. The van der Waals surface area contributed by atoms with Crippen molar-refractivity contribution in [3.63, 3.8) is 0 Å². The maximum absolute atomic E-state index is 12.5. The summed E-state index contributed by atoms with van der Waals surface area (Å²) < 4.78 is 0. The number of nitrogens with one attached hydrogen (secondary N) is 1. The van der Waals surface area contributed by atoms with Gasteiger partial charge in [-0.2, -0.15) is 0 Å². The summed E-state index contributed by atoms with van der Waals surface area (Å²) in [6.45, 7) is 7.74. The van der Waals surface area contributed by atoms with Crippen LogP contribution >= 0.6 is 23.1 Å². The number of aromatic nitrogens is 1. The van der Waals surface area contributed by atoms with E-state index >= 15 is 0 Å². The first kappa shape index (κ1) is 20.0. The molecule has 0 aliphatic carbocycles. The fourth-order valence-corrected chi connectivity index (χ4v) is 4.32. The van der Waals surface area contributed by atoms with E-state index in [9.17, 15) is 4.79 Å². The molecule has 0 aliphatic rings. The molecule has 28 heavy (non-hydrogen) atoms. The zero-order chi connectivity index (χ0) is 20.1. The van der Waals surface area contributed by atoms with E-state index in [0.717, 1.165) is 31.6 Å². The van der Waals surface area contributed by atoms with Gasteiger partial charge in [0.25, 0.3) is 5.91 Å². The fraction of sp³-hybridized carbons (Fsp3) is 0.136. The number of rotatable bonds is 5. The number of carbonyl (C=O) groups is 1. The summed E-state index contributed by atoms with van der Waals surface area (Å²) in [5, 5.41) is 6.50. The minimum Gasteiger partial charge on any atom is -0.314 e. The van der Waals surface area contributed by atoms with Gasteiger partial charge in [-0.3, -0.25) is 14.8 Å². The van der Waals surface area contributed by atoms with Crippen LogP contribution in [0.4, 0.5) is 5.00 Å². The molecule has 0 radical (unpaired) electrons. The number of carbonyl (C=O) groups excluding carboxylic acids is 1. The third-order valence-electron chi connectivity index (χ3n) is 4.26. The van der Waals surface area contributed by atoms with E-state index in [4.69, 9.17) is 0 Å². The molecular formula is C22H21N3OS2. The normalized spacial score (nSPS) is 11.3. The van der Waals surface area contributed by atoms with Gasteiger partial charge < -0.3 is 5.32 Å². The maximum Gasteiger partial charge on any atom is 0.256 e. The van der Waals surface area contributed by atoms with Crippen LogP contribution in [0.25, 0.3) is 10.4 Å². The van der Waals surface area contributed by atoms with Crippen LogP contribution in [0.3, 0.4) is 0 Å². The lowest BCUT2D eigenvalue weighted by Gasteiger charge is -2.08. The second-order valence-electron chi connectivity index (χ2n) is 6.15. The van der Waals surface area contributed by atoms with Crippen LogP contribution in [0.2, 0.25) is 0 Å². The maximum atomic E-state index is 12.5. The van der Waals surface area contributed by atoms with Crippen molar-refractivity contribution >= 4 is 39.1 Å². The number of anilines is 1. The third-order valence-corrected chi connectivity index (χ3v) is 6.10. The molecule has 1 aromatic carbocycles. The number of hydrogen-bond acceptors (Lipinski definition) is 5. The van der Waals surface area contributed by atoms with Gasteiger partial charge in [0.15, 0.2) is 0 Å². The van der Waals surface area contributed by atoms with Crippen LogP contribution in [0.5, 0.6) is 0 Å². The van der Waals surface area contributed by atoms with Crippen molar-refractivity contribution in [2.75, 3.05) is 12.4 Å². The Morgan fingerprint density at radius 3 is 2.75 bits per heavy atom. The molecule has 0 atom stereocenters. The standard InChI is InChI=1S/C22H21N3OS2/c1-5-27-22(23-4)16-7-6-14(2)18(12-16)19-8-9-20(28-19)25-21(26)17-10-11-24-13-15(17)3/h5-13H,1H2,2-4H3,(H,25,26). The van der Waals surface area contributed by atoms with Crippen molar-refractivity contribution in [1.82, 2.24) is 4.98 Å². The fourth-order valence-electron chi connectivity index (χ4n) is 2.81. The third kappa shape index (κ3) is 4.40. The SMILES string of the molecule is C=CSC(=NC)c1ccc(C)c(-c2ccc(NC(=O)c3ccncc3C)s2)c1. The lowest BCUT2D eigenvalue weighted by Crippen LogP contribution is -2.12. The first-order chi connectivity index (χ1) is 13.5. The Labute approximate surface area is 173 Å². The molecule has 3 rings (SSSR count). The van der Waals surface area contributed by atoms with Gasteiger partial charge in [-0.15, -0.1) is 11.3 Å². The highest BCUT2D eigenvalue weighted by Crippen LogP contribution is 2.35. The molecule has 0 saturated carbocycles. The van der Waals surface area contributed by atoms with E-state index in [0.29, 0.717) is 5.56 Å². The molecule has 0 aliphatic heterocycles. The van der Waals surface area contributed by atoms with E-state index in [1.165, 1.54) is 17.3 Å². The monoisotopic (exact) mass is 407 g/mol. The van der Waals surface area contributed by atoms with Gasteiger partial charge >= 0.3 is 0 Å². The predicted molar refractivity (Wildman–Crippen MR) is 122 cm³/mol. The molecule has 4 nitrogen and oxygen atoms in total. The highest BCUT2D eigenvalue weighted by atomic mass is 32.2. The number of aryl methyl sites for hydroxylation is 2. The number of thioether (sulfide) groups is 1. The average Bonchev–Trinajstić information content (AvgIpc) is 3.15. The van der Waals surface area contributed by atoms with Gasteiger partial charge in [-0.05, 0) is 60.2 Å². The molecule has 0 fully saturated rings. The van der Waals surface area contributed by atoms with Crippen LogP contribution in [0.1, 0.15) is 27.0 Å². The predicted octanol–water partition coefficient (Wildman–Crippen LogP) is 5.93. The summed E-state index contributed by atoms with van der Waals surface area (Å²) in [4.78, 5) is 22.0. The van der Waals surface area contributed by atoms with Crippen molar-refractivity contribution in [2.24, 2.45) is 4.99 Å². The number of benzene rings is 1. The van der Waals surface area contributed by atoms with Gasteiger partial charge in [0, 0.05) is 35.4 Å². The average molecular weight is 408 g/mol. The first-order valence-corrected chi connectivity index (χ1v) is 10.4. The van der Waals surface area contributed by atoms with Crippen LogP contribution in [0, 0.1) is 13.8 Å². The van der Waals surface area contributed by atoms with Gasteiger partial charge in [0.05, 0.1) is 5.00 Å². The molecule has 2 aromatic heterocycles. The zero-order valence-corrected chi connectivity index (χ0v) is 17.7. The van der Waals surface area contributed by atoms with E-state index in [2.05, 4.69) is 47.0 Å². The number of pyridine rings is 1. The Morgan fingerprint density at radius 2 is 2.04 bits per heavy atom. The quantitative estimate of drug-likeness (QED) is 0.421. The number of nitrogens with zero attached hydrogens (tertiary/aromatic N) is 2. The Balaban J connectivity index is 1.87. The molecule has 1 amide bonds. The molecule has 0 spiro atoms. The van der Waals surface area contributed by atoms with Gasteiger partial charge in [-0.1, -0.05) is 30.5 Å². The molecule has 6 heteroatoms. The van der Waals surface area contributed by atoms with E-state index in [1.807, 2.05) is 19.1 Å². The van der Waals surface area contributed by atoms with Crippen LogP contribution < -0.4 is 5.32 Å². The lowest BCUT2D eigenvalue weighted by atomic mass is 10.0. The second-order valence-corrected chi connectivity index (χ2v) is 8.19. The Hall–Kier alpha value is -2.70. The van der Waals surface area contributed by atoms with Crippen LogP contribution in [-0.2, 0) is 0 Å². The lowest BCUT2D eigenvalue weighted by molar-refractivity contribution is 0.102. The first-order valence-electron chi connectivity index (χ1n) is 8.71. The van der Waals surface area contributed by atoms with Crippen molar-refractivity contribution < 1.29 is 4.79 Å².